The molecule has 0 fully saturated rings. The standard InChI is InChI=1S/C15H15FN2O2/c1-2-20-10-11-6-3-4-8-13(11)18-15(19)12-7-5-9-17-14(12)16/h3-9H,2,10H2,1H3,(H,18,19). The highest BCUT2D eigenvalue weighted by Crippen LogP contribution is 2.17. The number of para-hydroxylation sites is 1. The van der Waals surface area contributed by atoms with E-state index < -0.39 is 11.9 Å². The number of amides is 1. The van der Waals surface area contributed by atoms with Crippen molar-refractivity contribution in [1.82, 2.24) is 4.98 Å². The number of aromatic nitrogens is 1. The summed E-state index contributed by atoms with van der Waals surface area (Å²) in [7, 11) is 0. The van der Waals surface area contributed by atoms with Gasteiger partial charge in [0, 0.05) is 24.1 Å². The first-order valence-corrected chi connectivity index (χ1v) is 6.30. The number of nitrogens with zero attached hydrogens (tertiary/aromatic N) is 1. The van der Waals surface area contributed by atoms with Crippen molar-refractivity contribution in [2.45, 2.75) is 13.5 Å². The van der Waals surface area contributed by atoms with Crippen LogP contribution in [0, 0.1) is 5.95 Å². The number of halogens is 1. The Kier molecular flexibility index (Phi) is 4.79. The van der Waals surface area contributed by atoms with Crippen LogP contribution < -0.4 is 5.32 Å². The Morgan fingerprint density at radius 2 is 2.10 bits per heavy atom. The largest absolute Gasteiger partial charge is 0.377 e. The summed E-state index contributed by atoms with van der Waals surface area (Å²) in [6, 6.07) is 10.2. The average Bonchev–Trinajstić information content (AvgIpc) is 2.46. The zero-order chi connectivity index (χ0) is 14.4. The molecule has 1 amide bonds. The van der Waals surface area contributed by atoms with Gasteiger partial charge in [0.15, 0.2) is 0 Å². The van der Waals surface area contributed by atoms with Gasteiger partial charge < -0.3 is 10.1 Å². The van der Waals surface area contributed by atoms with Crippen LogP contribution in [0.2, 0.25) is 0 Å². The predicted octanol–water partition coefficient (Wildman–Crippen LogP) is 3.01. The lowest BCUT2D eigenvalue weighted by Gasteiger charge is -2.11. The molecule has 104 valence electrons. The van der Waals surface area contributed by atoms with Crippen molar-refractivity contribution in [1.29, 1.82) is 0 Å². The second kappa shape index (κ2) is 6.77. The lowest BCUT2D eigenvalue weighted by atomic mass is 10.1. The normalized spacial score (nSPS) is 10.3. The van der Waals surface area contributed by atoms with Crippen molar-refractivity contribution in [3.63, 3.8) is 0 Å². The van der Waals surface area contributed by atoms with E-state index in [0.29, 0.717) is 18.9 Å². The van der Waals surface area contributed by atoms with E-state index in [0.717, 1.165) is 5.56 Å². The molecular weight excluding hydrogens is 259 g/mol. The van der Waals surface area contributed by atoms with Gasteiger partial charge in [0.05, 0.1) is 12.2 Å². The Balaban J connectivity index is 2.18. The summed E-state index contributed by atoms with van der Waals surface area (Å²) in [5.41, 5.74) is 1.36. The molecule has 5 heteroatoms. The summed E-state index contributed by atoms with van der Waals surface area (Å²) in [6.07, 6.45) is 1.30. The van der Waals surface area contributed by atoms with Crippen LogP contribution in [0.15, 0.2) is 42.6 Å². The van der Waals surface area contributed by atoms with E-state index in [1.54, 1.807) is 12.1 Å². The molecule has 0 aliphatic carbocycles. The molecule has 0 aliphatic heterocycles. The zero-order valence-corrected chi connectivity index (χ0v) is 11.1. The lowest BCUT2D eigenvalue weighted by Crippen LogP contribution is -2.15. The van der Waals surface area contributed by atoms with Crippen LogP contribution in [0.4, 0.5) is 10.1 Å². The number of hydrogen-bond acceptors (Lipinski definition) is 3. The quantitative estimate of drug-likeness (QED) is 0.853. The zero-order valence-electron chi connectivity index (χ0n) is 11.1. The summed E-state index contributed by atoms with van der Waals surface area (Å²) in [5, 5.41) is 2.68. The molecule has 0 saturated carbocycles. The van der Waals surface area contributed by atoms with Gasteiger partial charge in [-0.25, -0.2) is 4.98 Å². The first-order chi connectivity index (χ1) is 9.72. The topological polar surface area (TPSA) is 51.2 Å². The molecule has 1 N–H and O–H groups in total. The number of pyridine rings is 1. The molecule has 0 aliphatic rings. The SMILES string of the molecule is CCOCc1ccccc1NC(=O)c1cccnc1F. The van der Waals surface area contributed by atoms with Crippen LogP contribution in [-0.4, -0.2) is 17.5 Å². The number of carbonyl (C=O) groups is 1. The van der Waals surface area contributed by atoms with Gasteiger partial charge in [-0.2, -0.15) is 4.39 Å². The summed E-state index contributed by atoms with van der Waals surface area (Å²) < 4.78 is 18.8. The fraction of sp³-hybridized carbons (Fsp3) is 0.200. The van der Waals surface area contributed by atoms with Crippen LogP contribution in [0.5, 0.6) is 0 Å². The van der Waals surface area contributed by atoms with Crippen molar-refractivity contribution >= 4 is 11.6 Å². The van der Waals surface area contributed by atoms with E-state index >= 15 is 0 Å². The monoisotopic (exact) mass is 274 g/mol. The average molecular weight is 274 g/mol. The maximum absolute atomic E-state index is 13.4. The van der Waals surface area contributed by atoms with E-state index in [9.17, 15) is 9.18 Å². The molecule has 1 heterocycles. The molecule has 2 aromatic rings. The number of rotatable bonds is 5. The van der Waals surface area contributed by atoms with Crippen molar-refractivity contribution < 1.29 is 13.9 Å². The van der Waals surface area contributed by atoms with Crippen molar-refractivity contribution in [2.75, 3.05) is 11.9 Å². The van der Waals surface area contributed by atoms with Crippen LogP contribution >= 0.6 is 0 Å². The highest BCUT2D eigenvalue weighted by atomic mass is 19.1. The Morgan fingerprint density at radius 3 is 2.85 bits per heavy atom. The van der Waals surface area contributed by atoms with Gasteiger partial charge in [0.25, 0.3) is 5.91 Å². The third-order valence-electron chi connectivity index (χ3n) is 2.73. The second-order valence-electron chi connectivity index (χ2n) is 4.09. The molecule has 2 rings (SSSR count). The maximum atomic E-state index is 13.4. The van der Waals surface area contributed by atoms with Gasteiger partial charge in [-0.3, -0.25) is 4.79 Å². The Bertz CT molecular complexity index is 602. The van der Waals surface area contributed by atoms with Gasteiger partial charge in [0.2, 0.25) is 5.95 Å². The first-order valence-electron chi connectivity index (χ1n) is 6.30. The van der Waals surface area contributed by atoms with Gasteiger partial charge in [0.1, 0.15) is 0 Å². The summed E-state index contributed by atoms with van der Waals surface area (Å²) in [4.78, 5) is 15.5. The molecule has 1 aromatic carbocycles. The Hall–Kier alpha value is -2.27. The number of carbonyl (C=O) groups excluding carboxylic acids is 1. The van der Waals surface area contributed by atoms with Gasteiger partial charge in [-0.1, -0.05) is 18.2 Å². The smallest absolute Gasteiger partial charge is 0.260 e. The fourth-order valence-corrected chi connectivity index (χ4v) is 1.73. The summed E-state index contributed by atoms with van der Waals surface area (Å²) >= 11 is 0. The third-order valence-corrected chi connectivity index (χ3v) is 2.73. The minimum atomic E-state index is -0.785. The molecule has 0 spiro atoms. The van der Waals surface area contributed by atoms with E-state index in [4.69, 9.17) is 4.74 Å². The maximum Gasteiger partial charge on any atom is 0.260 e. The van der Waals surface area contributed by atoms with Gasteiger partial charge >= 0.3 is 0 Å². The van der Waals surface area contributed by atoms with Crippen LogP contribution in [0.25, 0.3) is 0 Å². The number of hydrogen-bond donors (Lipinski definition) is 1. The van der Waals surface area contributed by atoms with Crippen LogP contribution in [0.1, 0.15) is 22.8 Å². The van der Waals surface area contributed by atoms with E-state index in [-0.39, 0.29) is 5.56 Å². The van der Waals surface area contributed by atoms with Crippen molar-refractivity contribution in [2.24, 2.45) is 0 Å². The molecule has 0 radical (unpaired) electrons. The highest BCUT2D eigenvalue weighted by Gasteiger charge is 2.13. The summed E-state index contributed by atoms with van der Waals surface area (Å²) in [5.74, 6) is -1.31. The number of ether oxygens (including phenoxy) is 1. The van der Waals surface area contributed by atoms with Crippen molar-refractivity contribution in [3.8, 4) is 0 Å². The van der Waals surface area contributed by atoms with E-state index in [1.807, 2.05) is 19.1 Å². The second-order valence-corrected chi connectivity index (χ2v) is 4.09. The van der Waals surface area contributed by atoms with Gasteiger partial charge in [-0.15, -0.1) is 0 Å². The Morgan fingerprint density at radius 1 is 1.30 bits per heavy atom. The molecule has 4 nitrogen and oxygen atoms in total. The molecule has 0 atom stereocenters. The molecule has 0 unspecified atom stereocenters. The number of nitrogens with one attached hydrogen (secondary N) is 1. The molecule has 1 aromatic heterocycles. The number of benzene rings is 1. The minimum absolute atomic E-state index is 0.0845. The molecule has 0 saturated heterocycles. The van der Waals surface area contributed by atoms with Crippen molar-refractivity contribution in [3.05, 3.63) is 59.7 Å². The Labute approximate surface area is 116 Å². The lowest BCUT2D eigenvalue weighted by molar-refractivity contribution is 0.102. The van der Waals surface area contributed by atoms with Crippen LogP contribution in [0.3, 0.4) is 0 Å². The first kappa shape index (κ1) is 14.1. The molecule has 20 heavy (non-hydrogen) atoms. The van der Waals surface area contributed by atoms with E-state index in [1.165, 1.54) is 18.3 Å². The molecule has 0 bridgehead atoms. The van der Waals surface area contributed by atoms with Gasteiger partial charge in [-0.05, 0) is 25.1 Å². The number of anilines is 1. The molecular formula is C15H15FN2O2. The van der Waals surface area contributed by atoms with E-state index in [2.05, 4.69) is 10.3 Å². The van der Waals surface area contributed by atoms with Crippen LogP contribution in [-0.2, 0) is 11.3 Å². The minimum Gasteiger partial charge on any atom is -0.377 e. The summed E-state index contributed by atoms with van der Waals surface area (Å²) in [6.45, 7) is 2.87. The highest BCUT2D eigenvalue weighted by molar-refractivity contribution is 6.04. The third kappa shape index (κ3) is 3.39. The fourth-order valence-electron chi connectivity index (χ4n) is 1.73. The predicted molar refractivity (Wildman–Crippen MR) is 73.9 cm³/mol.